The van der Waals surface area contributed by atoms with E-state index in [0.717, 1.165) is 144 Å². The molecule has 11 aromatic carbocycles. The first kappa shape index (κ1) is 41.8. The van der Waals surface area contributed by atoms with Crippen LogP contribution >= 0.6 is 0 Å². The molecule has 0 aliphatic rings. The van der Waals surface area contributed by atoms with Gasteiger partial charge in [-0.3, -0.25) is 0 Å². The molecule has 0 spiro atoms. The Labute approximate surface area is 426 Å². The summed E-state index contributed by atoms with van der Waals surface area (Å²) in [4.78, 5) is 0. The number of benzene rings is 11. The Bertz CT molecular complexity index is 4220. The third-order valence-corrected chi connectivity index (χ3v) is 15.0. The normalized spacial score (nSPS) is 11.8. The number of rotatable bonds is 8. The van der Waals surface area contributed by atoms with Crippen LogP contribution in [0.15, 0.2) is 276 Å². The van der Waals surface area contributed by atoms with Crippen molar-refractivity contribution in [2.45, 2.75) is 0 Å². The van der Waals surface area contributed by atoms with Crippen LogP contribution in [-0.2, 0) is 0 Å². The smallest absolute Gasteiger partial charge is 0.135 e. The molecule has 4 heteroatoms. The monoisotopic (exact) mass is 944 g/mol. The summed E-state index contributed by atoms with van der Waals surface area (Å²) >= 11 is 0. The molecule has 0 aliphatic carbocycles. The molecule has 0 fully saturated rings. The third-order valence-electron chi connectivity index (χ3n) is 15.0. The van der Waals surface area contributed by atoms with Crippen LogP contribution in [0.3, 0.4) is 0 Å². The van der Waals surface area contributed by atoms with Gasteiger partial charge in [-0.1, -0.05) is 182 Å². The van der Waals surface area contributed by atoms with Crippen LogP contribution in [0.4, 0.5) is 0 Å². The number of hydrogen-bond acceptors (Lipinski definition) is 2. The average molecular weight is 945 g/mol. The first-order valence-corrected chi connectivity index (χ1v) is 25.2. The molecule has 0 bridgehead atoms. The summed E-state index contributed by atoms with van der Waals surface area (Å²) in [6.45, 7) is 0. The first-order valence-electron chi connectivity index (χ1n) is 25.2. The van der Waals surface area contributed by atoms with Crippen LogP contribution in [-0.4, -0.2) is 9.13 Å². The molecule has 0 saturated carbocycles. The highest BCUT2D eigenvalue weighted by Crippen LogP contribution is 2.48. The predicted octanol–water partition coefficient (Wildman–Crippen LogP) is 19.4. The van der Waals surface area contributed by atoms with E-state index in [2.05, 4.69) is 264 Å². The van der Waals surface area contributed by atoms with E-state index >= 15 is 0 Å². The molecule has 0 N–H and O–H groups in total. The lowest BCUT2D eigenvalue weighted by molar-refractivity contribution is 0.668. The first-order chi connectivity index (χ1) is 36.7. The lowest BCUT2D eigenvalue weighted by atomic mass is 9.85. The van der Waals surface area contributed by atoms with Gasteiger partial charge < -0.3 is 18.0 Å². The van der Waals surface area contributed by atoms with E-state index in [4.69, 9.17) is 8.83 Å². The highest BCUT2D eigenvalue weighted by Gasteiger charge is 2.24. The van der Waals surface area contributed by atoms with Crippen LogP contribution in [0.5, 0.6) is 0 Å². The second-order valence-corrected chi connectivity index (χ2v) is 19.2. The molecule has 0 unspecified atom stereocenters. The molecular formula is C70H44N2O2. The number of aromatic nitrogens is 2. The zero-order valence-corrected chi connectivity index (χ0v) is 40.1. The van der Waals surface area contributed by atoms with Gasteiger partial charge >= 0.3 is 0 Å². The fourth-order valence-electron chi connectivity index (χ4n) is 11.6. The summed E-state index contributed by atoms with van der Waals surface area (Å²) < 4.78 is 17.8. The lowest BCUT2D eigenvalue weighted by Gasteiger charge is -2.22. The van der Waals surface area contributed by atoms with Crippen LogP contribution in [0, 0.1) is 0 Å². The van der Waals surface area contributed by atoms with Gasteiger partial charge in [0, 0.05) is 32.9 Å². The Balaban J connectivity index is 1.09. The van der Waals surface area contributed by atoms with Gasteiger partial charge in [0.25, 0.3) is 0 Å². The molecule has 0 radical (unpaired) electrons. The molecule has 0 atom stereocenters. The molecule has 0 aliphatic heterocycles. The van der Waals surface area contributed by atoms with E-state index in [1.165, 1.54) is 0 Å². The van der Waals surface area contributed by atoms with Crippen LogP contribution in [0.25, 0.3) is 144 Å². The maximum Gasteiger partial charge on any atom is 0.135 e. The summed E-state index contributed by atoms with van der Waals surface area (Å²) in [5.74, 6) is 0. The zero-order valence-electron chi connectivity index (χ0n) is 40.1. The summed E-state index contributed by atoms with van der Waals surface area (Å²) in [7, 11) is 0. The standard InChI is InChI=1S/C70H44N2O2/c1-5-17-45(18-6-1)61-35-36-62(46-19-7-2-8-20-46)71(61)51-31-33-55-59(43-51)69(49-29-39-67-57(41-49)53-25-13-15-27-65(53)73-67)56-34-32-52(72-63(47-21-9-3-10-22-47)37-38-64(72)48-23-11-4-12-24-48)44-60(56)70(55)50-30-40-68-58(42-50)54-26-14-16-28-66(54)74-68/h1-44H. The molecular weight excluding hydrogens is 901 g/mol. The van der Waals surface area contributed by atoms with Crippen molar-refractivity contribution in [3.63, 3.8) is 0 Å². The topological polar surface area (TPSA) is 36.1 Å². The second kappa shape index (κ2) is 16.9. The molecule has 346 valence electrons. The molecule has 4 aromatic heterocycles. The molecule has 4 nitrogen and oxygen atoms in total. The average Bonchev–Trinajstić information content (AvgIpc) is 4.30. The Morgan fingerprint density at radius 3 is 0.892 bits per heavy atom. The summed E-state index contributed by atoms with van der Waals surface area (Å²) in [5, 5.41) is 8.94. The summed E-state index contributed by atoms with van der Waals surface area (Å²) in [6.07, 6.45) is 0. The van der Waals surface area contributed by atoms with E-state index in [1.54, 1.807) is 0 Å². The van der Waals surface area contributed by atoms with Gasteiger partial charge in [0.1, 0.15) is 22.3 Å². The number of furan rings is 2. The van der Waals surface area contributed by atoms with Crippen molar-refractivity contribution in [2.75, 3.05) is 0 Å². The van der Waals surface area contributed by atoms with Crippen molar-refractivity contribution in [2.24, 2.45) is 0 Å². The molecule has 74 heavy (non-hydrogen) atoms. The SMILES string of the molecule is c1ccc(-c2ccc(-c3ccccc3)n2-c2ccc3c(-c4ccc5oc6ccccc6c5c4)c4cc(-n5c(-c6ccccc6)ccc5-c5ccccc5)ccc4c(-c4ccc5oc6ccccc6c5c4)c3c2)cc1. The van der Waals surface area contributed by atoms with Crippen molar-refractivity contribution < 1.29 is 8.83 Å². The van der Waals surface area contributed by atoms with Crippen molar-refractivity contribution in [1.82, 2.24) is 9.13 Å². The van der Waals surface area contributed by atoms with Crippen LogP contribution in [0.1, 0.15) is 0 Å². The molecule has 15 rings (SSSR count). The van der Waals surface area contributed by atoms with E-state index in [0.29, 0.717) is 0 Å². The van der Waals surface area contributed by atoms with E-state index < -0.39 is 0 Å². The van der Waals surface area contributed by atoms with Gasteiger partial charge in [0.2, 0.25) is 0 Å². The Kier molecular flexibility index (Phi) is 9.54. The molecule has 15 aromatic rings. The van der Waals surface area contributed by atoms with Crippen molar-refractivity contribution in [1.29, 1.82) is 0 Å². The zero-order chi connectivity index (χ0) is 48.7. The van der Waals surface area contributed by atoms with E-state index in [-0.39, 0.29) is 0 Å². The number of fused-ring (bicyclic) bond motifs is 8. The van der Waals surface area contributed by atoms with Crippen molar-refractivity contribution in [3.8, 4) is 78.7 Å². The number of nitrogens with zero attached hydrogens (tertiary/aromatic N) is 2. The fraction of sp³-hybridized carbons (Fsp3) is 0. The largest absolute Gasteiger partial charge is 0.456 e. The lowest BCUT2D eigenvalue weighted by Crippen LogP contribution is -2.02. The minimum Gasteiger partial charge on any atom is -0.456 e. The Morgan fingerprint density at radius 2 is 0.527 bits per heavy atom. The Hall–Kier alpha value is -9.90. The minimum atomic E-state index is 0.866. The summed E-state index contributed by atoms with van der Waals surface area (Å²) in [6, 6.07) is 96.3. The maximum atomic E-state index is 6.47. The van der Waals surface area contributed by atoms with Gasteiger partial charge in [-0.15, -0.1) is 0 Å². The second-order valence-electron chi connectivity index (χ2n) is 19.2. The van der Waals surface area contributed by atoms with Gasteiger partial charge in [0.05, 0.1) is 22.8 Å². The molecule has 0 amide bonds. The van der Waals surface area contributed by atoms with Gasteiger partial charge in [-0.2, -0.15) is 0 Å². The fourth-order valence-corrected chi connectivity index (χ4v) is 11.6. The highest BCUT2D eigenvalue weighted by atomic mass is 16.3. The number of hydrogen-bond donors (Lipinski definition) is 0. The van der Waals surface area contributed by atoms with E-state index in [9.17, 15) is 0 Å². The van der Waals surface area contributed by atoms with Gasteiger partial charge in [-0.25, -0.2) is 0 Å². The quantitative estimate of drug-likeness (QED) is 0.142. The van der Waals surface area contributed by atoms with E-state index in [1.807, 2.05) is 12.1 Å². The number of para-hydroxylation sites is 2. The maximum absolute atomic E-state index is 6.47. The third kappa shape index (κ3) is 6.69. The van der Waals surface area contributed by atoms with Crippen molar-refractivity contribution >= 4 is 65.4 Å². The van der Waals surface area contributed by atoms with Gasteiger partial charge in [-0.05, 0) is 151 Å². The molecule has 0 saturated heterocycles. The molecule has 4 heterocycles. The predicted molar refractivity (Wildman–Crippen MR) is 307 cm³/mol. The Morgan fingerprint density at radius 1 is 0.203 bits per heavy atom. The van der Waals surface area contributed by atoms with Gasteiger partial charge in [0.15, 0.2) is 0 Å². The highest BCUT2D eigenvalue weighted by molar-refractivity contribution is 6.23. The van der Waals surface area contributed by atoms with Crippen LogP contribution < -0.4 is 0 Å². The van der Waals surface area contributed by atoms with Crippen LogP contribution in [0.2, 0.25) is 0 Å². The van der Waals surface area contributed by atoms with Crippen molar-refractivity contribution in [3.05, 3.63) is 267 Å². The summed E-state index contributed by atoms with van der Waals surface area (Å²) in [5.41, 5.74) is 19.2. The minimum absolute atomic E-state index is 0.866.